The van der Waals surface area contributed by atoms with Crippen molar-refractivity contribution in [3.05, 3.63) is 29.3 Å². The number of hydrogen-bond donors (Lipinski definition) is 0. The first-order valence-electron chi connectivity index (χ1n) is 9.92. The van der Waals surface area contributed by atoms with Crippen LogP contribution in [-0.2, 0) is 9.47 Å². The summed E-state index contributed by atoms with van der Waals surface area (Å²) in [5.74, 6) is 0. The van der Waals surface area contributed by atoms with E-state index in [4.69, 9.17) is 9.47 Å². The highest BCUT2D eigenvalue weighted by molar-refractivity contribution is 5.65. The van der Waals surface area contributed by atoms with Gasteiger partial charge in [-0.15, -0.1) is 0 Å². The molecule has 0 unspecified atom stereocenters. The van der Waals surface area contributed by atoms with Gasteiger partial charge in [-0.2, -0.15) is 0 Å². The summed E-state index contributed by atoms with van der Waals surface area (Å²) in [6.07, 6.45) is 7.95. The molecule has 1 aromatic rings. The quantitative estimate of drug-likeness (QED) is 0.595. The smallest absolute Gasteiger partial charge is 0.0864 e. The summed E-state index contributed by atoms with van der Waals surface area (Å²) < 4.78 is 12.2. The standard InChI is InChI=1S/C21H33NO2/c1-4-7-8-10-16-15-20(24-6-3)18-12-9-11-17-19(23-5-2)13-14-22(16)21(17)18/h9,11-12,16,19-20H,4-8,10,13-15H2,1-3H3/t16-,19-,20+/m0/s1. The summed E-state index contributed by atoms with van der Waals surface area (Å²) >= 11 is 0. The molecule has 0 amide bonds. The van der Waals surface area contributed by atoms with Crippen LogP contribution in [0.25, 0.3) is 0 Å². The summed E-state index contributed by atoms with van der Waals surface area (Å²) in [6, 6.07) is 7.34. The third-order valence-electron chi connectivity index (χ3n) is 5.52. The SMILES string of the molecule is CCCCC[C@H]1C[C@@H](OCC)c2cccc3c2N1CC[C@@H]3OCC. The largest absolute Gasteiger partial charge is 0.374 e. The number of benzene rings is 1. The van der Waals surface area contributed by atoms with Crippen molar-refractivity contribution in [2.45, 2.75) is 77.5 Å². The molecule has 0 fully saturated rings. The summed E-state index contributed by atoms with van der Waals surface area (Å²) in [5, 5.41) is 0. The van der Waals surface area contributed by atoms with Gasteiger partial charge in [0.2, 0.25) is 0 Å². The number of anilines is 1. The Morgan fingerprint density at radius 1 is 1.00 bits per heavy atom. The lowest BCUT2D eigenvalue weighted by Gasteiger charge is -2.47. The maximum atomic E-state index is 6.15. The molecule has 3 rings (SSSR count). The van der Waals surface area contributed by atoms with Gasteiger partial charge in [-0.25, -0.2) is 0 Å². The van der Waals surface area contributed by atoms with Crippen LogP contribution in [0.5, 0.6) is 0 Å². The Morgan fingerprint density at radius 3 is 2.42 bits per heavy atom. The molecule has 0 aliphatic carbocycles. The van der Waals surface area contributed by atoms with Crippen molar-refractivity contribution in [2.75, 3.05) is 24.7 Å². The first-order valence-corrected chi connectivity index (χ1v) is 9.92. The lowest BCUT2D eigenvalue weighted by Crippen LogP contribution is -2.45. The third kappa shape index (κ3) is 3.48. The van der Waals surface area contributed by atoms with Gasteiger partial charge in [0, 0.05) is 42.6 Å². The van der Waals surface area contributed by atoms with Crippen molar-refractivity contribution < 1.29 is 9.47 Å². The maximum Gasteiger partial charge on any atom is 0.0864 e. The second-order valence-corrected chi connectivity index (χ2v) is 7.04. The lowest BCUT2D eigenvalue weighted by atomic mass is 9.84. The zero-order valence-corrected chi connectivity index (χ0v) is 15.6. The van der Waals surface area contributed by atoms with E-state index < -0.39 is 0 Å². The minimum Gasteiger partial charge on any atom is -0.374 e. The van der Waals surface area contributed by atoms with Crippen LogP contribution >= 0.6 is 0 Å². The van der Waals surface area contributed by atoms with Gasteiger partial charge < -0.3 is 14.4 Å². The highest BCUT2D eigenvalue weighted by atomic mass is 16.5. The molecule has 24 heavy (non-hydrogen) atoms. The van der Waals surface area contributed by atoms with Gasteiger partial charge in [0.25, 0.3) is 0 Å². The molecule has 3 nitrogen and oxygen atoms in total. The number of rotatable bonds is 8. The average Bonchev–Trinajstić information content (AvgIpc) is 2.60. The lowest BCUT2D eigenvalue weighted by molar-refractivity contribution is 0.0357. The van der Waals surface area contributed by atoms with Crippen molar-refractivity contribution in [3.8, 4) is 0 Å². The van der Waals surface area contributed by atoms with Crippen molar-refractivity contribution in [3.63, 3.8) is 0 Å². The van der Waals surface area contributed by atoms with Crippen LogP contribution in [0.15, 0.2) is 18.2 Å². The predicted octanol–water partition coefficient (Wildman–Crippen LogP) is 5.40. The van der Waals surface area contributed by atoms with E-state index in [-0.39, 0.29) is 12.2 Å². The van der Waals surface area contributed by atoms with Crippen LogP contribution in [0.2, 0.25) is 0 Å². The van der Waals surface area contributed by atoms with Gasteiger partial charge in [-0.1, -0.05) is 44.4 Å². The van der Waals surface area contributed by atoms with Crippen molar-refractivity contribution >= 4 is 5.69 Å². The first kappa shape index (κ1) is 17.8. The van der Waals surface area contributed by atoms with Gasteiger partial charge in [-0.3, -0.25) is 0 Å². The van der Waals surface area contributed by atoms with Crippen molar-refractivity contribution in [1.29, 1.82) is 0 Å². The fraction of sp³-hybridized carbons (Fsp3) is 0.714. The first-order chi connectivity index (χ1) is 11.8. The molecule has 134 valence electrons. The Kier molecular flexibility index (Phi) is 6.18. The predicted molar refractivity (Wildman–Crippen MR) is 99.7 cm³/mol. The summed E-state index contributed by atoms with van der Waals surface area (Å²) in [4.78, 5) is 2.67. The zero-order chi connectivity index (χ0) is 16.9. The third-order valence-corrected chi connectivity index (χ3v) is 5.52. The topological polar surface area (TPSA) is 21.7 Å². The second kappa shape index (κ2) is 8.35. The molecule has 2 aliphatic rings. The van der Waals surface area contributed by atoms with Gasteiger partial charge in [0.1, 0.15) is 0 Å². The molecule has 0 bridgehead atoms. The van der Waals surface area contributed by atoms with Crippen LogP contribution in [0.4, 0.5) is 5.69 Å². The number of unbranched alkanes of at least 4 members (excludes halogenated alkanes) is 2. The Hall–Kier alpha value is -1.06. The van der Waals surface area contributed by atoms with E-state index in [9.17, 15) is 0 Å². The molecule has 0 N–H and O–H groups in total. The zero-order valence-electron chi connectivity index (χ0n) is 15.6. The average molecular weight is 332 g/mol. The van der Waals surface area contributed by atoms with Crippen LogP contribution < -0.4 is 4.90 Å². The van der Waals surface area contributed by atoms with E-state index in [1.807, 2.05) is 0 Å². The summed E-state index contributed by atoms with van der Waals surface area (Å²) in [7, 11) is 0. The Bertz CT molecular complexity index is 516. The van der Waals surface area contributed by atoms with Gasteiger partial charge >= 0.3 is 0 Å². The number of ether oxygens (including phenoxy) is 2. The van der Waals surface area contributed by atoms with E-state index in [0.29, 0.717) is 6.04 Å². The van der Waals surface area contributed by atoms with Crippen LogP contribution in [0, 0.1) is 0 Å². The molecule has 0 radical (unpaired) electrons. The van der Waals surface area contributed by atoms with Crippen molar-refractivity contribution in [2.24, 2.45) is 0 Å². The molecule has 3 heteroatoms. The molecular formula is C21H33NO2. The fourth-order valence-corrected chi connectivity index (χ4v) is 4.46. The van der Waals surface area contributed by atoms with Crippen LogP contribution in [0.3, 0.4) is 0 Å². The molecule has 2 heterocycles. The van der Waals surface area contributed by atoms with Crippen molar-refractivity contribution in [1.82, 2.24) is 0 Å². The molecule has 0 spiro atoms. The van der Waals surface area contributed by atoms with E-state index in [2.05, 4.69) is 43.9 Å². The van der Waals surface area contributed by atoms with E-state index in [1.54, 1.807) is 0 Å². The number of nitrogens with zero attached hydrogens (tertiary/aromatic N) is 1. The van der Waals surface area contributed by atoms with Crippen LogP contribution in [-0.4, -0.2) is 25.8 Å². The van der Waals surface area contributed by atoms with Crippen LogP contribution in [0.1, 0.15) is 82.6 Å². The summed E-state index contributed by atoms with van der Waals surface area (Å²) in [6.45, 7) is 9.17. The minimum atomic E-state index is 0.244. The van der Waals surface area contributed by atoms with E-state index >= 15 is 0 Å². The van der Waals surface area contributed by atoms with E-state index in [0.717, 1.165) is 32.6 Å². The number of para-hydroxylation sites is 1. The molecule has 3 atom stereocenters. The monoisotopic (exact) mass is 331 g/mol. The molecule has 0 saturated heterocycles. The molecular weight excluding hydrogens is 298 g/mol. The minimum absolute atomic E-state index is 0.244. The fourth-order valence-electron chi connectivity index (χ4n) is 4.46. The van der Waals surface area contributed by atoms with Gasteiger partial charge in [0.15, 0.2) is 0 Å². The Labute approximate surface area is 147 Å². The maximum absolute atomic E-state index is 6.15. The summed E-state index contributed by atoms with van der Waals surface area (Å²) in [5.41, 5.74) is 4.18. The Morgan fingerprint density at radius 2 is 1.71 bits per heavy atom. The van der Waals surface area contributed by atoms with Gasteiger partial charge in [0.05, 0.1) is 12.2 Å². The second-order valence-electron chi connectivity index (χ2n) is 7.04. The molecule has 1 aromatic carbocycles. The van der Waals surface area contributed by atoms with Gasteiger partial charge in [-0.05, 0) is 33.1 Å². The Balaban J connectivity index is 1.92. The van der Waals surface area contributed by atoms with E-state index in [1.165, 1.54) is 42.5 Å². The molecule has 2 aliphatic heterocycles. The molecule has 0 aromatic heterocycles. The highest BCUT2D eigenvalue weighted by Gasteiger charge is 2.38. The molecule has 0 saturated carbocycles. The number of hydrogen-bond acceptors (Lipinski definition) is 3. The highest BCUT2D eigenvalue weighted by Crippen LogP contribution is 2.48. The normalized spacial score (nSPS) is 25.6.